The van der Waals surface area contributed by atoms with Gasteiger partial charge in [-0.3, -0.25) is 0 Å². The average Bonchev–Trinajstić information content (AvgIpc) is 2.14. The van der Waals surface area contributed by atoms with Crippen molar-refractivity contribution in [1.82, 2.24) is 5.43 Å². The number of nitrogens with two attached hydrogens (primary N) is 1. The van der Waals surface area contributed by atoms with Crippen LogP contribution >= 0.6 is 0 Å². The zero-order valence-electron chi connectivity index (χ0n) is 8.91. The normalized spacial score (nSPS) is 12.7. The van der Waals surface area contributed by atoms with E-state index in [1.807, 2.05) is 44.2 Å². The van der Waals surface area contributed by atoms with Gasteiger partial charge in [0.05, 0.1) is 11.3 Å². The molecule has 0 amide bonds. The molecule has 0 aliphatic rings. The number of hydrogen-bond acceptors (Lipinski definition) is 3. The fourth-order valence-corrected chi connectivity index (χ4v) is 1.29. The Morgan fingerprint density at radius 1 is 1.29 bits per heavy atom. The van der Waals surface area contributed by atoms with E-state index in [1.54, 1.807) is 7.05 Å². The van der Waals surface area contributed by atoms with E-state index in [9.17, 15) is 0 Å². The van der Waals surface area contributed by atoms with Gasteiger partial charge in [-0.05, 0) is 19.4 Å². The Morgan fingerprint density at radius 2 is 1.86 bits per heavy atom. The van der Waals surface area contributed by atoms with Gasteiger partial charge in [0.2, 0.25) is 0 Å². The maximum absolute atomic E-state index is 6.03. The topological polar surface area (TPSA) is 50.4 Å². The lowest BCUT2D eigenvalue weighted by Crippen LogP contribution is -2.42. The van der Waals surface area contributed by atoms with Crippen LogP contribution in [-0.4, -0.2) is 18.3 Å². The molecule has 3 heteroatoms. The van der Waals surface area contributed by atoms with Crippen molar-refractivity contribution in [2.75, 3.05) is 7.05 Å². The molecule has 0 saturated carbocycles. The first-order valence-corrected chi connectivity index (χ1v) is 4.65. The van der Waals surface area contributed by atoms with Crippen molar-refractivity contribution in [1.29, 1.82) is 0 Å². The number of rotatable bonds is 3. The summed E-state index contributed by atoms with van der Waals surface area (Å²) in [5, 5.41) is 4.21. The van der Waals surface area contributed by atoms with E-state index in [0.717, 1.165) is 11.3 Å². The van der Waals surface area contributed by atoms with Crippen LogP contribution in [0.25, 0.3) is 0 Å². The maximum Gasteiger partial charge on any atom is 0.0867 e. The molecule has 0 radical (unpaired) electrons. The zero-order valence-corrected chi connectivity index (χ0v) is 8.91. The van der Waals surface area contributed by atoms with Crippen LogP contribution in [0.2, 0.25) is 0 Å². The summed E-state index contributed by atoms with van der Waals surface area (Å²) in [7, 11) is 1.77. The molecular weight excluding hydrogens is 174 g/mol. The molecule has 0 aromatic heterocycles. The molecule has 0 heterocycles. The fourth-order valence-electron chi connectivity index (χ4n) is 1.29. The molecular formula is C11H17N3. The third-order valence-corrected chi connectivity index (χ3v) is 1.88. The molecule has 0 spiro atoms. The number of nitrogens with one attached hydrogen (secondary N) is 1. The van der Waals surface area contributed by atoms with Gasteiger partial charge in [0.15, 0.2) is 0 Å². The predicted octanol–water partition coefficient (Wildman–Crippen LogP) is 1.35. The average molecular weight is 191 g/mol. The highest BCUT2D eigenvalue weighted by Crippen LogP contribution is 2.10. The van der Waals surface area contributed by atoms with Crippen LogP contribution in [0.1, 0.15) is 19.4 Å². The van der Waals surface area contributed by atoms with Gasteiger partial charge in [0.25, 0.3) is 0 Å². The van der Waals surface area contributed by atoms with E-state index in [1.165, 1.54) is 0 Å². The molecule has 3 nitrogen and oxygen atoms in total. The first kappa shape index (κ1) is 10.7. The smallest absolute Gasteiger partial charge is 0.0867 e. The second-order valence-corrected chi connectivity index (χ2v) is 3.77. The lowest BCUT2D eigenvalue weighted by molar-refractivity contribution is 0.686. The molecule has 1 aromatic rings. The van der Waals surface area contributed by atoms with Crippen LogP contribution in [-0.2, 0) is 0 Å². The lowest BCUT2D eigenvalue weighted by Gasteiger charge is -2.21. The second-order valence-electron chi connectivity index (χ2n) is 3.77. The standard InChI is InChI=1S/C11H17N3/c1-11(2,12)10(14-13-3)9-7-5-4-6-8-9/h4-8,13H,12H2,1-3H3/b14-10-. The fraction of sp³-hybridized carbons (Fsp3) is 0.364. The Morgan fingerprint density at radius 3 is 2.29 bits per heavy atom. The summed E-state index contributed by atoms with van der Waals surface area (Å²) in [4.78, 5) is 0. The molecule has 0 unspecified atom stereocenters. The van der Waals surface area contributed by atoms with Crippen LogP contribution in [0.3, 0.4) is 0 Å². The number of hydrazone groups is 1. The van der Waals surface area contributed by atoms with Crippen LogP contribution < -0.4 is 11.2 Å². The van der Waals surface area contributed by atoms with Gasteiger partial charge in [-0.2, -0.15) is 5.10 Å². The van der Waals surface area contributed by atoms with Crippen molar-refractivity contribution in [3.8, 4) is 0 Å². The predicted molar refractivity (Wildman–Crippen MR) is 60.3 cm³/mol. The van der Waals surface area contributed by atoms with E-state index in [-0.39, 0.29) is 0 Å². The van der Waals surface area contributed by atoms with Crippen molar-refractivity contribution >= 4 is 5.71 Å². The Labute approximate surface area is 85.0 Å². The summed E-state index contributed by atoms with van der Waals surface area (Å²) < 4.78 is 0. The molecule has 0 aliphatic heterocycles. The Balaban J connectivity index is 3.09. The van der Waals surface area contributed by atoms with Crippen molar-refractivity contribution in [3.05, 3.63) is 35.9 Å². The van der Waals surface area contributed by atoms with Crippen molar-refractivity contribution in [2.24, 2.45) is 10.8 Å². The van der Waals surface area contributed by atoms with Gasteiger partial charge < -0.3 is 11.2 Å². The van der Waals surface area contributed by atoms with Gasteiger partial charge >= 0.3 is 0 Å². The molecule has 76 valence electrons. The van der Waals surface area contributed by atoms with Crippen molar-refractivity contribution < 1.29 is 0 Å². The first-order valence-electron chi connectivity index (χ1n) is 4.65. The Kier molecular flexibility index (Phi) is 3.25. The lowest BCUT2D eigenvalue weighted by atomic mass is 9.93. The number of hydrogen-bond donors (Lipinski definition) is 2. The van der Waals surface area contributed by atoms with Crippen LogP contribution in [0.15, 0.2) is 35.4 Å². The van der Waals surface area contributed by atoms with Crippen molar-refractivity contribution in [2.45, 2.75) is 19.4 Å². The number of benzene rings is 1. The van der Waals surface area contributed by atoms with Gasteiger partial charge in [-0.1, -0.05) is 30.3 Å². The molecule has 3 N–H and O–H groups in total. The van der Waals surface area contributed by atoms with E-state index in [4.69, 9.17) is 5.73 Å². The first-order chi connectivity index (χ1) is 6.55. The minimum atomic E-state index is -0.440. The second kappa shape index (κ2) is 4.24. The SMILES string of the molecule is CN/N=C(/c1ccccc1)C(C)(C)N. The monoisotopic (exact) mass is 191 g/mol. The summed E-state index contributed by atoms with van der Waals surface area (Å²) in [6.45, 7) is 3.88. The minimum Gasteiger partial charge on any atom is -0.320 e. The summed E-state index contributed by atoms with van der Waals surface area (Å²) in [6.07, 6.45) is 0. The number of nitrogens with zero attached hydrogens (tertiary/aromatic N) is 1. The maximum atomic E-state index is 6.03. The molecule has 0 saturated heterocycles. The summed E-state index contributed by atoms with van der Waals surface area (Å²) in [5.41, 5.74) is 10.3. The molecule has 0 bridgehead atoms. The van der Waals surface area contributed by atoms with Crippen LogP contribution in [0.5, 0.6) is 0 Å². The van der Waals surface area contributed by atoms with Gasteiger partial charge in [-0.15, -0.1) is 0 Å². The van der Waals surface area contributed by atoms with Gasteiger partial charge in [0.1, 0.15) is 0 Å². The minimum absolute atomic E-state index is 0.440. The van der Waals surface area contributed by atoms with E-state index in [0.29, 0.717) is 0 Å². The van der Waals surface area contributed by atoms with E-state index in [2.05, 4.69) is 10.5 Å². The zero-order chi connectivity index (χ0) is 10.6. The highest BCUT2D eigenvalue weighted by Gasteiger charge is 2.20. The van der Waals surface area contributed by atoms with Gasteiger partial charge in [0, 0.05) is 7.05 Å². The van der Waals surface area contributed by atoms with Crippen LogP contribution in [0, 0.1) is 0 Å². The van der Waals surface area contributed by atoms with E-state index < -0.39 is 5.54 Å². The third kappa shape index (κ3) is 2.57. The largest absolute Gasteiger partial charge is 0.320 e. The Bertz CT molecular complexity index is 309. The molecule has 1 rings (SSSR count). The highest BCUT2D eigenvalue weighted by atomic mass is 15.3. The summed E-state index contributed by atoms with van der Waals surface area (Å²) in [5.74, 6) is 0. The molecule has 0 atom stereocenters. The summed E-state index contributed by atoms with van der Waals surface area (Å²) in [6, 6.07) is 9.94. The third-order valence-electron chi connectivity index (χ3n) is 1.88. The molecule has 1 aromatic carbocycles. The van der Waals surface area contributed by atoms with E-state index >= 15 is 0 Å². The Hall–Kier alpha value is -1.35. The quantitative estimate of drug-likeness (QED) is 0.559. The van der Waals surface area contributed by atoms with Crippen molar-refractivity contribution in [3.63, 3.8) is 0 Å². The summed E-state index contributed by atoms with van der Waals surface area (Å²) >= 11 is 0. The van der Waals surface area contributed by atoms with Crippen LogP contribution in [0.4, 0.5) is 0 Å². The molecule has 0 fully saturated rings. The molecule has 0 aliphatic carbocycles. The highest BCUT2D eigenvalue weighted by molar-refractivity contribution is 6.06. The molecule has 14 heavy (non-hydrogen) atoms. The van der Waals surface area contributed by atoms with Gasteiger partial charge in [-0.25, -0.2) is 0 Å².